The van der Waals surface area contributed by atoms with Crippen molar-refractivity contribution in [3.05, 3.63) is 64.1 Å². The van der Waals surface area contributed by atoms with E-state index in [9.17, 15) is 5.11 Å². The average molecular weight is 349 g/mol. The number of thioether (sulfide) groups is 1. The normalized spacial score (nSPS) is 18.2. The van der Waals surface area contributed by atoms with Gasteiger partial charge >= 0.3 is 0 Å². The molecule has 1 aliphatic rings. The molecular formula is C17H17BrOS. The van der Waals surface area contributed by atoms with E-state index >= 15 is 0 Å². The van der Waals surface area contributed by atoms with Gasteiger partial charge in [-0.25, -0.2) is 0 Å². The molecule has 3 heteroatoms. The average Bonchev–Trinajstić information content (AvgIpc) is 2.44. The van der Waals surface area contributed by atoms with Gasteiger partial charge in [-0.2, -0.15) is 0 Å². The number of halogens is 1. The molecule has 0 aromatic heterocycles. The van der Waals surface area contributed by atoms with E-state index in [1.54, 1.807) is 11.8 Å². The number of aliphatic hydroxyl groups is 1. The van der Waals surface area contributed by atoms with E-state index in [0.29, 0.717) is 5.92 Å². The second-order valence-electron chi connectivity index (χ2n) is 5.23. The summed E-state index contributed by atoms with van der Waals surface area (Å²) in [5.74, 6) is 1.29. The van der Waals surface area contributed by atoms with Crippen molar-refractivity contribution in [3.8, 4) is 0 Å². The Labute approximate surface area is 132 Å². The number of aliphatic hydroxyl groups excluding tert-OH is 1. The Morgan fingerprint density at radius 2 is 1.90 bits per heavy atom. The van der Waals surface area contributed by atoms with E-state index in [1.165, 1.54) is 16.0 Å². The monoisotopic (exact) mass is 348 g/mol. The van der Waals surface area contributed by atoms with E-state index in [2.05, 4.69) is 46.3 Å². The molecule has 1 N–H and O–H groups in total. The van der Waals surface area contributed by atoms with Gasteiger partial charge in [-0.3, -0.25) is 0 Å². The zero-order valence-corrected chi connectivity index (χ0v) is 13.5. The molecule has 0 amide bonds. The molecule has 0 bridgehead atoms. The molecule has 1 aliphatic carbocycles. The second kappa shape index (κ2) is 6.33. The molecule has 20 heavy (non-hydrogen) atoms. The highest BCUT2D eigenvalue weighted by Crippen LogP contribution is 2.38. The van der Waals surface area contributed by atoms with E-state index in [-0.39, 0.29) is 6.10 Å². The first-order valence-electron chi connectivity index (χ1n) is 6.87. The molecule has 0 fully saturated rings. The van der Waals surface area contributed by atoms with Gasteiger partial charge in [0, 0.05) is 15.1 Å². The number of benzene rings is 2. The van der Waals surface area contributed by atoms with Crippen LogP contribution in [0.15, 0.2) is 57.9 Å². The predicted molar refractivity (Wildman–Crippen MR) is 88.4 cm³/mol. The van der Waals surface area contributed by atoms with E-state index in [1.807, 2.05) is 18.2 Å². The molecule has 0 spiro atoms. The van der Waals surface area contributed by atoms with Crippen LogP contribution in [-0.2, 0) is 6.42 Å². The summed E-state index contributed by atoms with van der Waals surface area (Å²) in [5, 5.41) is 10.2. The Bertz CT molecular complexity index is 599. The van der Waals surface area contributed by atoms with Crippen LogP contribution in [0, 0.1) is 0 Å². The number of hydrogen-bond acceptors (Lipinski definition) is 2. The fourth-order valence-corrected chi connectivity index (χ4v) is 4.23. The molecule has 2 aromatic rings. The standard InChI is InChI=1S/C17H17BrOS/c18-16-7-3-4-8-17(16)20-11-14(19)10-13-9-12-5-1-2-6-15(12)13/h1-8,13-14,19H,9-11H2. The highest BCUT2D eigenvalue weighted by atomic mass is 79.9. The summed E-state index contributed by atoms with van der Waals surface area (Å²) < 4.78 is 1.10. The molecule has 0 heterocycles. The van der Waals surface area contributed by atoms with Crippen molar-refractivity contribution in [1.82, 2.24) is 0 Å². The summed E-state index contributed by atoms with van der Waals surface area (Å²) in [5.41, 5.74) is 2.88. The Morgan fingerprint density at radius 3 is 2.70 bits per heavy atom. The largest absolute Gasteiger partial charge is 0.392 e. The zero-order chi connectivity index (χ0) is 13.9. The minimum atomic E-state index is -0.245. The van der Waals surface area contributed by atoms with Gasteiger partial charge in [0.25, 0.3) is 0 Å². The SMILES string of the molecule is OC(CSc1ccccc1Br)CC1Cc2ccccc21. The number of hydrogen-bond donors (Lipinski definition) is 1. The van der Waals surface area contributed by atoms with Crippen molar-refractivity contribution >= 4 is 27.7 Å². The molecule has 2 aromatic carbocycles. The summed E-state index contributed by atoms with van der Waals surface area (Å²) in [4.78, 5) is 1.19. The summed E-state index contributed by atoms with van der Waals surface area (Å²) in [6.45, 7) is 0. The third-order valence-corrected chi connectivity index (χ3v) is 5.96. The fraction of sp³-hybridized carbons (Fsp3) is 0.294. The van der Waals surface area contributed by atoms with Crippen LogP contribution in [0.1, 0.15) is 23.5 Å². The lowest BCUT2D eigenvalue weighted by Gasteiger charge is -2.31. The minimum absolute atomic E-state index is 0.245. The predicted octanol–water partition coefficient (Wildman–Crippen LogP) is 4.63. The Kier molecular flexibility index (Phi) is 4.49. The lowest BCUT2D eigenvalue weighted by molar-refractivity contribution is 0.175. The van der Waals surface area contributed by atoms with Crippen LogP contribution >= 0.6 is 27.7 Å². The molecule has 1 nitrogen and oxygen atoms in total. The van der Waals surface area contributed by atoms with Crippen molar-refractivity contribution in [2.75, 3.05) is 5.75 Å². The van der Waals surface area contributed by atoms with Crippen LogP contribution < -0.4 is 0 Å². The highest BCUT2D eigenvalue weighted by Gasteiger charge is 2.27. The van der Waals surface area contributed by atoms with Gasteiger partial charge in [0.1, 0.15) is 0 Å². The van der Waals surface area contributed by atoms with Crippen molar-refractivity contribution in [3.63, 3.8) is 0 Å². The van der Waals surface area contributed by atoms with Gasteiger partial charge in [-0.05, 0) is 57.9 Å². The maximum Gasteiger partial charge on any atom is 0.0640 e. The first-order valence-corrected chi connectivity index (χ1v) is 8.65. The molecule has 3 rings (SSSR count). The molecule has 0 saturated heterocycles. The van der Waals surface area contributed by atoms with Gasteiger partial charge < -0.3 is 5.11 Å². The lowest BCUT2D eigenvalue weighted by Crippen LogP contribution is -2.23. The highest BCUT2D eigenvalue weighted by molar-refractivity contribution is 9.10. The van der Waals surface area contributed by atoms with Crippen molar-refractivity contribution in [2.45, 2.75) is 29.8 Å². The van der Waals surface area contributed by atoms with E-state index in [0.717, 1.165) is 23.1 Å². The minimum Gasteiger partial charge on any atom is -0.392 e. The van der Waals surface area contributed by atoms with Crippen LogP contribution in [0.4, 0.5) is 0 Å². The maximum atomic E-state index is 10.2. The summed E-state index contributed by atoms with van der Waals surface area (Å²) in [7, 11) is 0. The van der Waals surface area contributed by atoms with Crippen LogP contribution in [0.5, 0.6) is 0 Å². The van der Waals surface area contributed by atoms with Gasteiger partial charge in [-0.15, -0.1) is 11.8 Å². The molecule has 0 aliphatic heterocycles. The molecular weight excluding hydrogens is 332 g/mol. The summed E-state index contributed by atoms with van der Waals surface area (Å²) in [6, 6.07) is 16.7. The molecule has 2 unspecified atom stereocenters. The summed E-state index contributed by atoms with van der Waals surface area (Å²) in [6.07, 6.45) is 1.74. The first-order chi connectivity index (χ1) is 9.74. The molecule has 2 atom stereocenters. The van der Waals surface area contributed by atoms with E-state index in [4.69, 9.17) is 0 Å². The molecule has 0 saturated carbocycles. The van der Waals surface area contributed by atoms with Crippen LogP contribution in [0.2, 0.25) is 0 Å². The Balaban J connectivity index is 1.52. The Morgan fingerprint density at radius 1 is 1.15 bits per heavy atom. The second-order valence-corrected chi connectivity index (χ2v) is 7.15. The maximum absolute atomic E-state index is 10.2. The van der Waals surface area contributed by atoms with Crippen molar-refractivity contribution in [1.29, 1.82) is 0 Å². The van der Waals surface area contributed by atoms with Crippen LogP contribution in [-0.4, -0.2) is 17.0 Å². The Hall–Kier alpha value is -0.770. The molecule has 104 valence electrons. The number of rotatable bonds is 5. The van der Waals surface area contributed by atoms with Crippen LogP contribution in [0.3, 0.4) is 0 Å². The smallest absolute Gasteiger partial charge is 0.0640 e. The fourth-order valence-electron chi connectivity index (χ4n) is 2.72. The lowest BCUT2D eigenvalue weighted by atomic mass is 9.75. The topological polar surface area (TPSA) is 20.2 Å². The van der Waals surface area contributed by atoms with Gasteiger partial charge in [0.2, 0.25) is 0 Å². The number of fused-ring (bicyclic) bond motifs is 1. The van der Waals surface area contributed by atoms with Gasteiger partial charge in [0.15, 0.2) is 0 Å². The van der Waals surface area contributed by atoms with Crippen molar-refractivity contribution in [2.24, 2.45) is 0 Å². The third kappa shape index (κ3) is 3.11. The van der Waals surface area contributed by atoms with Gasteiger partial charge in [0.05, 0.1) is 6.10 Å². The van der Waals surface area contributed by atoms with Crippen molar-refractivity contribution < 1.29 is 5.11 Å². The quantitative estimate of drug-likeness (QED) is 0.794. The third-order valence-electron chi connectivity index (χ3n) is 3.79. The molecule has 0 radical (unpaired) electrons. The summed E-state index contributed by atoms with van der Waals surface area (Å²) >= 11 is 5.26. The van der Waals surface area contributed by atoms with E-state index < -0.39 is 0 Å². The first kappa shape index (κ1) is 14.2. The zero-order valence-electron chi connectivity index (χ0n) is 11.1. The van der Waals surface area contributed by atoms with Crippen LogP contribution in [0.25, 0.3) is 0 Å². The van der Waals surface area contributed by atoms with Gasteiger partial charge in [-0.1, -0.05) is 36.4 Å².